The number of nitrogens with zero attached hydrogens (tertiary/aromatic N) is 4. The summed E-state index contributed by atoms with van der Waals surface area (Å²) in [4.78, 5) is 8.08. The monoisotopic (exact) mass is 305 g/mol. The second kappa shape index (κ2) is 4.80. The number of aromatic amines is 1. The zero-order valence-corrected chi connectivity index (χ0v) is 13.1. The SMILES string of the molecule is CN1C[C@@H]2C[C@H]1CN2c1ccc(-c2ccc3[nH]ccc3c2)nn1. The van der Waals surface area contributed by atoms with Gasteiger partial charge in [0.2, 0.25) is 0 Å². The molecule has 0 saturated carbocycles. The number of hydrogen-bond donors (Lipinski definition) is 1. The molecular formula is C18H19N5. The molecule has 0 unspecified atom stereocenters. The maximum absolute atomic E-state index is 4.50. The molecule has 0 spiro atoms. The van der Waals surface area contributed by atoms with Gasteiger partial charge in [-0.15, -0.1) is 10.2 Å². The molecular weight excluding hydrogens is 286 g/mol. The van der Waals surface area contributed by atoms with E-state index in [1.807, 2.05) is 6.20 Å². The van der Waals surface area contributed by atoms with E-state index in [0.29, 0.717) is 12.1 Å². The van der Waals surface area contributed by atoms with Crippen LogP contribution in [0.1, 0.15) is 6.42 Å². The number of hydrogen-bond acceptors (Lipinski definition) is 4. The van der Waals surface area contributed by atoms with Gasteiger partial charge in [0.15, 0.2) is 5.82 Å². The number of likely N-dealkylation sites (N-methyl/N-ethyl adjacent to an activating group) is 1. The van der Waals surface area contributed by atoms with Crippen molar-refractivity contribution in [3.05, 3.63) is 42.6 Å². The Morgan fingerprint density at radius 2 is 2.00 bits per heavy atom. The van der Waals surface area contributed by atoms with Gasteiger partial charge in [0, 0.05) is 47.8 Å². The number of aromatic nitrogens is 3. The quantitative estimate of drug-likeness (QED) is 0.790. The minimum atomic E-state index is 0.598. The summed E-state index contributed by atoms with van der Waals surface area (Å²) in [6.07, 6.45) is 3.22. The normalized spacial score (nSPS) is 24.0. The van der Waals surface area contributed by atoms with Crippen LogP contribution < -0.4 is 4.90 Å². The van der Waals surface area contributed by atoms with Gasteiger partial charge in [-0.3, -0.25) is 4.90 Å². The third-order valence-corrected chi connectivity index (χ3v) is 5.31. The molecule has 2 aliphatic heterocycles. The Bertz CT molecular complexity index is 851. The fourth-order valence-corrected chi connectivity index (χ4v) is 3.99. The predicted octanol–water partition coefficient (Wildman–Crippen LogP) is 2.52. The molecule has 5 nitrogen and oxygen atoms in total. The number of likely N-dealkylation sites (tertiary alicyclic amines) is 1. The van der Waals surface area contributed by atoms with E-state index in [1.165, 1.54) is 11.8 Å². The highest BCUT2D eigenvalue weighted by Gasteiger charge is 2.41. The average molecular weight is 305 g/mol. The van der Waals surface area contributed by atoms with Gasteiger partial charge in [-0.1, -0.05) is 6.07 Å². The molecule has 23 heavy (non-hydrogen) atoms. The summed E-state index contributed by atoms with van der Waals surface area (Å²) < 4.78 is 0. The van der Waals surface area contributed by atoms with Gasteiger partial charge in [0.25, 0.3) is 0 Å². The molecule has 0 amide bonds. The molecule has 2 aromatic heterocycles. The topological polar surface area (TPSA) is 48.0 Å². The average Bonchev–Trinajstić information content (AvgIpc) is 3.29. The van der Waals surface area contributed by atoms with Gasteiger partial charge < -0.3 is 9.88 Å². The minimum Gasteiger partial charge on any atom is -0.361 e. The van der Waals surface area contributed by atoms with Crippen LogP contribution in [0.25, 0.3) is 22.2 Å². The van der Waals surface area contributed by atoms with Crippen molar-refractivity contribution in [2.45, 2.75) is 18.5 Å². The van der Waals surface area contributed by atoms with Crippen LogP contribution in [0.2, 0.25) is 0 Å². The van der Waals surface area contributed by atoms with E-state index in [-0.39, 0.29) is 0 Å². The van der Waals surface area contributed by atoms with Crippen molar-refractivity contribution in [1.29, 1.82) is 0 Å². The van der Waals surface area contributed by atoms with Crippen molar-refractivity contribution in [3.8, 4) is 11.3 Å². The number of H-pyrrole nitrogens is 1. The second-order valence-electron chi connectivity index (χ2n) is 6.69. The van der Waals surface area contributed by atoms with E-state index in [2.05, 4.69) is 68.4 Å². The summed E-state index contributed by atoms with van der Waals surface area (Å²) >= 11 is 0. The third-order valence-electron chi connectivity index (χ3n) is 5.31. The Morgan fingerprint density at radius 3 is 2.74 bits per heavy atom. The molecule has 1 N–H and O–H groups in total. The second-order valence-corrected chi connectivity index (χ2v) is 6.69. The van der Waals surface area contributed by atoms with Crippen LogP contribution in [0.15, 0.2) is 42.6 Å². The molecule has 5 rings (SSSR count). The van der Waals surface area contributed by atoms with E-state index in [1.54, 1.807) is 0 Å². The Balaban J connectivity index is 1.43. The lowest BCUT2D eigenvalue weighted by Gasteiger charge is -2.32. The van der Waals surface area contributed by atoms with Gasteiger partial charge in [0.05, 0.1) is 5.69 Å². The lowest BCUT2D eigenvalue weighted by molar-refractivity contribution is 0.292. The first kappa shape index (κ1) is 13.1. The zero-order valence-electron chi connectivity index (χ0n) is 13.1. The molecule has 5 heteroatoms. The highest BCUT2D eigenvalue weighted by Crippen LogP contribution is 2.32. The van der Waals surface area contributed by atoms with Crippen LogP contribution >= 0.6 is 0 Å². The number of fused-ring (bicyclic) bond motifs is 3. The lowest BCUT2D eigenvalue weighted by Crippen LogP contribution is -2.44. The van der Waals surface area contributed by atoms with Crippen LogP contribution in [-0.2, 0) is 0 Å². The zero-order chi connectivity index (χ0) is 15.4. The Labute approximate surface area is 134 Å². The van der Waals surface area contributed by atoms with E-state index >= 15 is 0 Å². The van der Waals surface area contributed by atoms with Crippen LogP contribution in [-0.4, -0.2) is 52.3 Å². The fraction of sp³-hybridized carbons (Fsp3) is 0.333. The largest absolute Gasteiger partial charge is 0.361 e. The van der Waals surface area contributed by atoms with Crippen molar-refractivity contribution in [1.82, 2.24) is 20.1 Å². The highest BCUT2D eigenvalue weighted by molar-refractivity contribution is 5.84. The summed E-state index contributed by atoms with van der Waals surface area (Å²) in [6, 6.07) is 13.9. The molecule has 3 aromatic rings. The van der Waals surface area contributed by atoms with Gasteiger partial charge in [-0.2, -0.15) is 0 Å². The number of piperazine rings is 1. The number of rotatable bonds is 2. The van der Waals surface area contributed by atoms with Crippen molar-refractivity contribution in [3.63, 3.8) is 0 Å². The number of nitrogens with one attached hydrogen (secondary N) is 1. The van der Waals surface area contributed by atoms with Gasteiger partial charge in [0.1, 0.15) is 0 Å². The van der Waals surface area contributed by atoms with Crippen molar-refractivity contribution >= 4 is 16.7 Å². The molecule has 116 valence electrons. The standard InChI is InChI=1S/C18H19N5/c1-22-10-15-9-14(22)11-23(15)18-5-4-17(20-21-18)12-2-3-16-13(8-12)6-7-19-16/h2-8,14-15,19H,9-11H2,1H3/t14-,15-/m0/s1. The smallest absolute Gasteiger partial charge is 0.151 e. The first-order chi connectivity index (χ1) is 11.3. The summed E-state index contributed by atoms with van der Waals surface area (Å²) in [5.41, 5.74) is 3.19. The highest BCUT2D eigenvalue weighted by atomic mass is 15.4. The Hall–Kier alpha value is -2.40. The van der Waals surface area contributed by atoms with Crippen LogP contribution in [0.3, 0.4) is 0 Å². The number of benzene rings is 1. The van der Waals surface area contributed by atoms with Crippen molar-refractivity contribution < 1.29 is 0 Å². The first-order valence-electron chi connectivity index (χ1n) is 8.16. The minimum absolute atomic E-state index is 0.598. The maximum atomic E-state index is 4.50. The summed E-state index contributed by atoms with van der Waals surface area (Å²) in [5, 5.41) is 10.2. The fourth-order valence-electron chi connectivity index (χ4n) is 3.99. The summed E-state index contributed by atoms with van der Waals surface area (Å²) in [7, 11) is 2.22. The van der Waals surface area contributed by atoms with Gasteiger partial charge in [-0.05, 0) is 43.8 Å². The third kappa shape index (κ3) is 2.04. The maximum Gasteiger partial charge on any atom is 0.151 e. The lowest BCUT2D eigenvalue weighted by atomic mass is 10.1. The molecule has 2 saturated heterocycles. The molecule has 1 aromatic carbocycles. The molecule has 2 bridgehead atoms. The van der Waals surface area contributed by atoms with E-state index in [4.69, 9.17) is 0 Å². The molecule has 2 aliphatic rings. The van der Waals surface area contributed by atoms with Crippen molar-refractivity contribution in [2.75, 3.05) is 25.0 Å². The van der Waals surface area contributed by atoms with Crippen molar-refractivity contribution in [2.24, 2.45) is 0 Å². The summed E-state index contributed by atoms with van der Waals surface area (Å²) in [6.45, 7) is 2.21. The number of anilines is 1. The molecule has 2 atom stereocenters. The van der Waals surface area contributed by atoms with E-state index < -0.39 is 0 Å². The Morgan fingerprint density at radius 1 is 1.04 bits per heavy atom. The molecule has 2 fully saturated rings. The Kier molecular flexibility index (Phi) is 2.73. The van der Waals surface area contributed by atoms with Gasteiger partial charge >= 0.3 is 0 Å². The van der Waals surface area contributed by atoms with E-state index in [0.717, 1.165) is 35.7 Å². The van der Waals surface area contributed by atoms with Crippen LogP contribution in [0.5, 0.6) is 0 Å². The predicted molar refractivity (Wildman–Crippen MR) is 91.5 cm³/mol. The van der Waals surface area contributed by atoms with Crippen LogP contribution in [0.4, 0.5) is 5.82 Å². The molecule has 0 radical (unpaired) electrons. The molecule has 0 aliphatic carbocycles. The first-order valence-corrected chi connectivity index (χ1v) is 8.16. The summed E-state index contributed by atoms with van der Waals surface area (Å²) in [5.74, 6) is 1.01. The molecule has 4 heterocycles. The van der Waals surface area contributed by atoms with Gasteiger partial charge in [-0.25, -0.2) is 0 Å². The van der Waals surface area contributed by atoms with Crippen LogP contribution in [0, 0.1) is 0 Å². The van der Waals surface area contributed by atoms with E-state index in [9.17, 15) is 0 Å².